The maximum Gasteiger partial charge on any atom is 0.0597 e. The molecule has 92 valence electrons. The van der Waals surface area contributed by atoms with Gasteiger partial charge in [-0.2, -0.15) is 0 Å². The summed E-state index contributed by atoms with van der Waals surface area (Å²) in [5.74, 6) is 1.43. The van der Waals surface area contributed by atoms with Crippen LogP contribution in [0.15, 0.2) is 12.2 Å². The molecule has 0 bridgehead atoms. The molecule has 2 saturated carbocycles. The molecule has 1 N–H and O–H groups in total. The molecule has 0 spiro atoms. The minimum absolute atomic E-state index is 0.137. The fraction of sp³-hybridized carbons (Fsp3) is 0.867. The zero-order valence-electron chi connectivity index (χ0n) is 11.0. The molecule has 2 aliphatic carbocycles. The Kier molecular flexibility index (Phi) is 3.18. The highest BCUT2D eigenvalue weighted by Gasteiger charge is 2.50. The fourth-order valence-electron chi connectivity index (χ4n) is 4.15. The van der Waals surface area contributed by atoms with Gasteiger partial charge in [-0.3, -0.25) is 0 Å². The van der Waals surface area contributed by atoms with Crippen LogP contribution in [0.5, 0.6) is 0 Å². The van der Waals surface area contributed by atoms with Crippen molar-refractivity contribution in [2.75, 3.05) is 0 Å². The number of hydrogen-bond acceptors (Lipinski definition) is 1. The van der Waals surface area contributed by atoms with Crippen molar-refractivity contribution in [2.45, 2.75) is 59.0 Å². The Hall–Kier alpha value is -0.300. The van der Waals surface area contributed by atoms with Crippen LogP contribution in [0.1, 0.15) is 52.9 Å². The van der Waals surface area contributed by atoms with Crippen LogP contribution in [0.3, 0.4) is 0 Å². The summed E-state index contributed by atoms with van der Waals surface area (Å²) in [6.45, 7) is 11.0. The largest absolute Gasteiger partial charge is 0.393 e. The number of allylic oxidation sites excluding steroid dienone is 1. The van der Waals surface area contributed by atoms with Crippen LogP contribution < -0.4 is 0 Å². The zero-order chi connectivity index (χ0) is 11.9. The molecule has 0 saturated heterocycles. The third-order valence-electron chi connectivity index (χ3n) is 5.04. The minimum Gasteiger partial charge on any atom is -0.393 e. The second-order valence-electron chi connectivity index (χ2n) is 6.58. The van der Waals surface area contributed by atoms with Crippen LogP contribution in [0.2, 0.25) is 0 Å². The maximum atomic E-state index is 10.4. The van der Waals surface area contributed by atoms with E-state index in [0.717, 1.165) is 0 Å². The third-order valence-corrected chi connectivity index (χ3v) is 5.04. The molecule has 0 unspecified atom stereocenters. The lowest BCUT2D eigenvalue weighted by Gasteiger charge is -2.41. The van der Waals surface area contributed by atoms with E-state index in [0.29, 0.717) is 23.2 Å². The third kappa shape index (κ3) is 1.84. The molecule has 0 aliphatic heterocycles. The van der Waals surface area contributed by atoms with Crippen LogP contribution in [0.25, 0.3) is 0 Å². The van der Waals surface area contributed by atoms with E-state index in [4.69, 9.17) is 0 Å². The standard InChI is InChI=1S/C15H26O/c1-10(2)14(16)12-7-9-15(4)8-5-6-11(3)13(12)15/h10,12-14,16H,3,5-9H2,1-2,4H3/t12-,13+,14+,15-/m0/s1. The summed E-state index contributed by atoms with van der Waals surface area (Å²) >= 11 is 0. The molecular formula is C15H26O. The summed E-state index contributed by atoms with van der Waals surface area (Å²) in [4.78, 5) is 0. The van der Waals surface area contributed by atoms with Crippen LogP contribution in [0, 0.1) is 23.2 Å². The SMILES string of the molecule is C=C1CCC[C@@]2(C)CC[C@H]([C@H](O)C(C)C)[C@@H]12. The van der Waals surface area contributed by atoms with Gasteiger partial charge in [0.15, 0.2) is 0 Å². The summed E-state index contributed by atoms with van der Waals surface area (Å²) in [5.41, 5.74) is 1.85. The first-order chi connectivity index (χ1) is 7.46. The summed E-state index contributed by atoms with van der Waals surface area (Å²) in [5, 5.41) is 10.4. The zero-order valence-corrected chi connectivity index (χ0v) is 11.0. The van der Waals surface area contributed by atoms with Crippen LogP contribution in [-0.2, 0) is 0 Å². The van der Waals surface area contributed by atoms with Crippen molar-refractivity contribution in [2.24, 2.45) is 23.2 Å². The van der Waals surface area contributed by atoms with Gasteiger partial charge in [-0.25, -0.2) is 0 Å². The van der Waals surface area contributed by atoms with E-state index in [-0.39, 0.29) is 6.10 Å². The molecule has 2 aliphatic rings. The summed E-state index contributed by atoms with van der Waals surface area (Å²) < 4.78 is 0. The first-order valence-electron chi connectivity index (χ1n) is 6.81. The summed E-state index contributed by atoms with van der Waals surface area (Å²) in [6.07, 6.45) is 6.15. The number of fused-ring (bicyclic) bond motifs is 1. The Morgan fingerprint density at radius 1 is 1.38 bits per heavy atom. The highest BCUT2D eigenvalue weighted by atomic mass is 16.3. The van der Waals surface area contributed by atoms with Crippen LogP contribution in [0.4, 0.5) is 0 Å². The molecule has 0 aromatic heterocycles. The van der Waals surface area contributed by atoms with E-state index in [2.05, 4.69) is 27.4 Å². The van der Waals surface area contributed by atoms with Crippen molar-refractivity contribution in [1.82, 2.24) is 0 Å². The molecule has 0 aromatic carbocycles. The minimum atomic E-state index is -0.137. The lowest BCUT2D eigenvalue weighted by Crippen LogP contribution is -2.36. The van der Waals surface area contributed by atoms with E-state index < -0.39 is 0 Å². The predicted octanol–water partition coefficient (Wildman–Crippen LogP) is 3.78. The smallest absolute Gasteiger partial charge is 0.0597 e. The van der Waals surface area contributed by atoms with Gasteiger partial charge in [0.05, 0.1) is 6.10 Å². The Bertz CT molecular complexity index is 281. The molecule has 0 aromatic rings. The van der Waals surface area contributed by atoms with Gasteiger partial charge in [0.25, 0.3) is 0 Å². The van der Waals surface area contributed by atoms with E-state index >= 15 is 0 Å². The Balaban J connectivity index is 2.21. The average molecular weight is 222 g/mol. The second-order valence-corrected chi connectivity index (χ2v) is 6.58. The summed E-state index contributed by atoms with van der Waals surface area (Å²) in [7, 11) is 0. The Morgan fingerprint density at radius 3 is 2.69 bits per heavy atom. The van der Waals surface area contributed by atoms with E-state index in [9.17, 15) is 5.11 Å². The van der Waals surface area contributed by atoms with Crippen molar-refractivity contribution in [3.8, 4) is 0 Å². The van der Waals surface area contributed by atoms with E-state index in [1.807, 2.05) is 0 Å². The van der Waals surface area contributed by atoms with E-state index in [1.165, 1.54) is 37.7 Å². The Labute approximate surface area is 99.9 Å². The van der Waals surface area contributed by atoms with Gasteiger partial charge < -0.3 is 5.11 Å². The molecule has 0 heterocycles. The van der Waals surface area contributed by atoms with Crippen molar-refractivity contribution >= 4 is 0 Å². The number of aliphatic hydroxyl groups is 1. The fourth-order valence-corrected chi connectivity index (χ4v) is 4.15. The topological polar surface area (TPSA) is 20.2 Å². The van der Waals surface area contributed by atoms with Gasteiger partial charge in [0, 0.05) is 0 Å². The number of rotatable bonds is 2. The molecule has 0 radical (unpaired) electrons. The molecular weight excluding hydrogens is 196 g/mol. The monoisotopic (exact) mass is 222 g/mol. The van der Waals surface area contributed by atoms with Crippen molar-refractivity contribution in [3.05, 3.63) is 12.2 Å². The van der Waals surface area contributed by atoms with Gasteiger partial charge >= 0.3 is 0 Å². The second kappa shape index (κ2) is 4.18. The van der Waals surface area contributed by atoms with Gasteiger partial charge in [0.1, 0.15) is 0 Å². The predicted molar refractivity (Wildman–Crippen MR) is 68.2 cm³/mol. The van der Waals surface area contributed by atoms with Crippen molar-refractivity contribution in [3.63, 3.8) is 0 Å². The van der Waals surface area contributed by atoms with Crippen LogP contribution in [-0.4, -0.2) is 11.2 Å². The molecule has 4 atom stereocenters. The average Bonchev–Trinajstić information content (AvgIpc) is 2.55. The van der Waals surface area contributed by atoms with Crippen LogP contribution >= 0.6 is 0 Å². The normalized spacial score (nSPS) is 41.2. The first kappa shape index (κ1) is 12.2. The van der Waals surface area contributed by atoms with Gasteiger partial charge in [-0.1, -0.05) is 32.9 Å². The molecule has 2 rings (SSSR count). The molecule has 1 heteroatoms. The highest BCUT2D eigenvalue weighted by molar-refractivity contribution is 5.16. The molecule has 0 amide bonds. The summed E-state index contributed by atoms with van der Waals surface area (Å²) in [6, 6.07) is 0. The molecule has 2 fully saturated rings. The van der Waals surface area contributed by atoms with Gasteiger partial charge in [0.2, 0.25) is 0 Å². The first-order valence-corrected chi connectivity index (χ1v) is 6.81. The van der Waals surface area contributed by atoms with Crippen molar-refractivity contribution < 1.29 is 5.11 Å². The maximum absolute atomic E-state index is 10.4. The van der Waals surface area contributed by atoms with Crippen molar-refractivity contribution in [1.29, 1.82) is 0 Å². The van der Waals surface area contributed by atoms with Gasteiger partial charge in [-0.15, -0.1) is 0 Å². The highest BCUT2D eigenvalue weighted by Crippen LogP contribution is 2.57. The quantitative estimate of drug-likeness (QED) is 0.705. The van der Waals surface area contributed by atoms with E-state index in [1.54, 1.807) is 0 Å². The molecule has 1 nitrogen and oxygen atoms in total. The molecule has 16 heavy (non-hydrogen) atoms. The van der Waals surface area contributed by atoms with Gasteiger partial charge in [-0.05, 0) is 55.3 Å². The lowest BCUT2D eigenvalue weighted by molar-refractivity contribution is 0.0320. The lowest BCUT2D eigenvalue weighted by atomic mass is 9.64. The number of hydrogen-bond donors (Lipinski definition) is 1. The Morgan fingerprint density at radius 2 is 2.06 bits per heavy atom. The number of aliphatic hydroxyl groups excluding tert-OH is 1.